The van der Waals surface area contributed by atoms with Crippen LogP contribution >= 0.6 is 0 Å². The second-order valence-corrected chi connectivity index (χ2v) is 10.3. The van der Waals surface area contributed by atoms with Crippen molar-refractivity contribution in [2.75, 3.05) is 0 Å². The lowest BCUT2D eigenvalue weighted by molar-refractivity contribution is -0.575. The molecule has 1 aromatic heterocycles. The van der Waals surface area contributed by atoms with Gasteiger partial charge in [-0.2, -0.15) is 79.0 Å². The van der Waals surface area contributed by atoms with Crippen LogP contribution in [0.25, 0.3) is 0 Å². The van der Waals surface area contributed by atoms with E-state index in [1.54, 1.807) is 0 Å². The van der Waals surface area contributed by atoms with Gasteiger partial charge in [-0.1, -0.05) is 0 Å². The fourth-order valence-corrected chi connectivity index (χ4v) is 5.79. The van der Waals surface area contributed by atoms with E-state index in [4.69, 9.17) is 0 Å². The average Bonchev–Trinajstić information content (AvgIpc) is 2.81. The Morgan fingerprint density at radius 3 is 1.04 bits per heavy atom. The van der Waals surface area contributed by atoms with E-state index in [1.807, 2.05) is 0 Å². The van der Waals surface area contributed by atoms with Crippen LogP contribution in [0.2, 0.25) is 0 Å². The summed E-state index contributed by atoms with van der Waals surface area (Å²) in [5.74, 6) is 0. The molecule has 1 aliphatic heterocycles. The molecule has 0 bridgehead atoms. The van der Waals surface area contributed by atoms with Crippen molar-refractivity contribution in [1.82, 2.24) is 0 Å². The quantitative estimate of drug-likeness (QED) is 0.191. The van der Waals surface area contributed by atoms with Gasteiger partial charge < -0.3 is 4.48 Å². The minimum Gasteiger partial charge on any atom is -0.418 e. The van der Waals surface area contributed by atoms with Crippen LogP contribution < -0.4 is 15.4 Å². The summed E-state index contributed by atoms with van der Waals surface area (Å²) in [4.78, 5) is 0. The summed E-state index contributed by atoms with van der Waals surface area (Å²) in [6, 6.07) is -1.78. The topological polar surface area (TPSA) is 3.88 Å². The Bertz CT molecular complexity index is 1490. The number of aromatic nitrogens is 1. The molecule has 0 saturated carbocycles. The van der Waals surface area contributed by atoms with Gasteiger partial charge in [0.2, 0.25) is 0 Å². The van der Waals surface area contributed by atoms with Gasteiger partial charge in [-0.25, -0.2) is 0 Å². The molecule has 1 nitrogen and oxygen atoms in total. The van der Waals surface area contributed by atoms with E-state index in [1.165, 1.54) is 6.92 Å². The molecular weight excluding hydrogens is 667 g/mol. The summed E-state index contributed by atoms with van der Waals surface area (Å²) >= 11 is 0. The van der Waals surface area contributed by atoms with Crippen molar-refractivity contribution < 1.29 is 83.5 Å². The zero-order chi connectivity index (χ0) is 34.5. The lowest BCUT2D eigenvalue weighted by Gasteiger charge is -2.48. The fraction of sp³-hybridized carbons (Fsp3) is 0.320. The molecule has 1 aliphatic rings. The Balaban J connectivity index is 2.41. The van der Waals surface area contributed by atoms with Gasteiger partial charge in [0.05, 0.1) is 11.1 Å². The van der Waals surface area contributed by atoms with Gasteiger partial charge >= 0.3 is 43.3 Å². The van der Waals surface area contributed by atoms with Gasteiger partial charge in [0.15, 0.2) is 0 Å². The van der Waals surface area contributed by atoms with Gasteiger partial charge in [0.1, 0.15) is 11.9 Å². The Labute approximate surface area is 239 Å². The van der Waals surface area contributed by atoms with Crippen LogP contribution in [0.5, 0.6) is 0 Å². The molecule has 20 heteroatoms. The monoisotopic (exact) mass is 679 g/mol. The lowest BCUT2D eigenvalue weighted by Crippen LogP contribution is -2.90. The van der Waals surface area contributed by atoms with Crippen molar-refractivity contribution in [3.63, 3.8) is 0 Å². The lowest BCUT2D eigenvalue weighted by atomic mass is 9.19. The van der Waals surface area contributed by atoms with Crippen molar-refractivity contribution in [3.8, 4) is 0 Å². The molecule has 0 radical (unpaired) electrons. The maximum absolute atomic E-state index is 14.4. The zero-order valence-corrected chi connectivity index (χ0v) is 21.6. The summed E-state index contributed by atoms with van der Waals surface area (Å²) in [5, 5.41) is 0. The van der Waals surface area contributed by atoms with Crippen LogP contribution in [0.1, 0.15) is 44.6 Å². The van der Waals surface area contributed by atoms with E-state index in [9.17, 15) is 79.0 Å². The Hall–Kier alpha value is -3.61. The first kappa shape index (κ1) is 34.3. The van der Waals surface area contributed by atoms with E-state index in [0.717, 1.165) is 12.1 Å². The van der Waals surface area contributed by atoms with E-state index in [-0.39, 0.29) is 10.0 Å². The number of pyridine rings is 1. The molecule has 45 heavy (non-hydrogen) atoms. The molecule has 246 valence electrons. The number of halogens is 18. The number of alkyl halides is 18. The highest BCUT2D eigenvalue weighted by Crippen LogP contribution is 2.45. The average molecular weight is 679 g/mol. The number of hydrogen-bond donors (Lipinski definition) is 0. The summed E-state index contributed by atoms with van der Waals surface area (Å²) in [6.45, 7) is 1.27. The Morgan fingerprint density at radius 2 is 0.800 bits per heavy atom. The molecule has 0 saturated heterocycles. The summed E-state index contributed by atoms with van der Waals surface area (Å²) < 4.78 is 254. The molecular formula is C25H12BF18N. The van der Waals surface area contributed by atoms with Gasteiger partial charge in [0.25, 0.3) is 0 Å². The number of aryl methyl sites for hydroxylation is 1. The van der Waals surface area contributed by atoms with E-state index < -0.39 is 124 Å². The first-order valence-electron chi connectivity index (χ1n) is 12.0. The summed E-state index contributed by atoms with van der Waals surface area (Å²) in [7, 11) is 0. The second-order valence-electron chi connectivity index (χ2n) is 10.3. The minimum absolute atomic E-state index is 0.157. The number of rotatable bonds is 2. The number of hydrogen-bond acceptors (Lipinski definition) is 0. The standard InChI is InChI=1S/C25H12BF18N/c1-10-2-3-45-13(4-10)9-26(45,18-14(22(33,34)35)5-11(20(27,28)29)6-15(18)23(36,37)38)19-16(24(39,40)41)7-12(21(30,31)32)8-17(19)25(42,43)44/h2-8H,9H2,1H3. The molecule has 0 amide bonds. The minimum atomic E-state index is -6.27. The van der Waals surface area contributed by atoms with Gasteiger partial charge in [-0.3, -0.25) is 0 Å². The van der Waals surface area contributed by atoms with Crippen LogP contribution in [-0.2, 0) is 43.4 Å². The van der Waals surface area contributed by atoms with Crippen molar-refractivity contribution in [2.45, 2.75) is 50.3 Å². The molecule has 4 rings (SSSR count). The molecule has 0 atom stereocenters. The van der Waals surface area contributed by atoms with E-state index in [0.29, 0.717) is 6.20 Å². The Morgan fingerprint density at radius 1 is 0.489 bits per heavy atom. The van der Waals surface area contributed by atoms with Crippen molar-refractivity contribution in [3.05, 3.63) is 87.2 Å². The molecule has 2 aromatic carbocycles. The van der Waals surface area contributed by atoms with E-state index in [2.05, 4.69) is 0 Å². The van der Waals surface area contributed by atoms with Crippen molar-refractivity contribution >= 4 is 17.2 Å². The van der Waals surface area contributed by atoms with E-state index >= 15 is 0 Å². The van der Waals surface area contributed by atoms with Crippen LogP contribution in [0.15, 0.2) is 42.6 Å². The fourth-order valence-electron chi connectivity index (χ4n) is 5.79. The summed E-state index contributed by atoms with van der Waals surface area (Å²) in [5.41, 5.74) is -21.9. The molecule has 0 spiro atoms. The predicted molar refractivity (Wildman–Crippen MR) is 118 cm³/mol. The van der Waals surface area contributed by atoms with Crippen LogP contribution in [-0.4, -0.2) is 6.28 Å². The zero-order valence-electron chi connectivity index (χ0n) is 21.6. The van der Waals surface area contributed by atoms with Gasteiger partial charge in [-0.05, 0) is 55.2 Å². The highest BCUT2D eigenvalue weighted by molar-refractivity contribution is 6.97. The van der Waals surface area contributed by atoms with Crippen LogP contribution in [0.4, 0.5) is 79.0 Å². The molecule has 2 heterocycles. The first-order chi connectivity index (χ1) is 20.0. The van der Waals surface area contributed by atoms with Crippen LogP contribution in [0, 0.1) is 6.92 Å². The molecule has 0 fully saturated rings. The molecule has 0 N–H and O–H groups in total. The normalized spacial score (nSPS) is 16.0. The third-order valence-corrected chi connectivity index (χ3v) is 7.39. The predicted octanol–water partition coefficient (Wildman–Crippen LogP) is 8.10. The highest BCUT2D eigenvalue weighted by Gasteiger charge is 2.62. The van der Waals surface area contributed by atoms with Gasteiger partial charge in [-0.15, -0.1) is 10.9 Å². The smallest absolute Gasteiger partial charge is 0.416 e. The molecule has 0 unspecified atom stereocenters. The van der Waals surface area contributed by atoms with Gasteiger partial charge in [0, 0.05) is 22.3 Å². The third-order valence-electron chi connectivity index (χ3n) is 7.39. The maximum Gasteiger partial charge on any atom is 0.416 e. The number of benzene rings is 2. The Kier molecular flexibility index (Phi) is 7.57. The first-order valence-corrected chi connectivity index (χ1v) is 12.0. The molecule has 0 aliphatic carbocycles. The number of nitrogens with zero attached hydrogens (tertiary/aromatic N) is 1. The van der Waals surface area contributed by atoms with Crippen LogP contribution in [0.3, 0.4) is 0 Å². The van der Waals surface area contributed by atoms with Crippen molar-refractivity contribution in [1.29, 1.82) is 0 Å². The SMILES string of the molecule is Cc1cc[n+]2c(c1)C[B-]2(c1c(C(F)(F)F)cc(C(F)(F)F)cc1C(F)(F)F)c1c(C(F)(F)F)cc(C(F)(F)F)cc1C(F)(F)F. The summed E-state index contributed by atoms with van der Waals surface area (Å²) in [6.07, 6.45) is -42.9. The van der Waals surface area contributed by atoms with Crippen molar-refractivity contribution in [2.24, 2.45) is 0 Å². The number of fused-ring (bicyclic) bond motifs is 1. The second kappa shape index (κ2) is 9.95. The largest absolute Gasteiger partial charge is 0.418 e. The highest BCUT2D eigenvalue weighted by atomic mass is 19.4. The molecule has 3 aromatic rings. The maximum atomic E-state index is 14.4. The third kappa shape index (κ3) is 5.91.